The van der Waals surface area contributed by atoms with Crippen molar-refractivity contribution in [1.82, 2.24) is 15.3 Å². The van der Waals surface area contributed by atoms with E-state index in [2.05, 4.69) is 20.2 Å². The van der Waals surface area contributed by atoms with E-state index in [4.69, 9.17) is 39.5 Å². The number of rotatable bonds is 8. The van der Waals surface area contributed by atoms with Crippen LogP contribution in [0.1, 0.15) is 21.5 Å². The minimum Gasteiger partial charge on any atom is -0.378 e. The van der Waals surface area contributed by atoms with Crippen molar-refractivity contribution >= 4 is 58.3 Å². The van der Waals surface area contributed by atoms with Gasteiger partial charge in [0.05, 0.1) is 13.2 Å². The molecule has 1 aliphatic heterocycles. The number of benzene rings is 2. The third-order valence-electron chi connectivity index (χ3n) is 5.25. The van der Waals surface area contributed by atoms with Gasteiger partial charge in [-0.15, -0.1) is 0 Å². The van der Waals surface area contributed by atoms with Crippen LogP contribution in [0.25, 0.3) is 0 Å². The maximum atomic E-state index is 12.6. The highest BCUT2D eigenvalue weighted by Gasteiger charge is 2.15. The number of ether oxygens (including phenoxy) is 1. The van der Waals surface area contributed by atoms with Gasteiger partial charge in [-0.1, -0.05) is 64.8 Å². The first-order chi connectivity index (χ1) is 16.5. The van der Waals surface area contributed by atoms with Gasteiger partial charge in [0.1, 0.15) is 11.0 Å². The van der Waals surface area contributed by atoms with Crippen molar-refractivity contribution in [3.63, 3.8) is 0 Å². The lowest BCUT2D eigenvalue weighted by Gasteiger charge is -2.27. The van der Waals surface area contributed by atoms with E-state index in [9.17, 15) is 4.79 Å². The van der Waals surface area contributed by atoms with Crippen LogP contribution < -0.4 is 10.2 Å². The van der Waals surface area contributed by atoms with Gasteiger partial charge in [-0.2, -0.15) is 0 Å². The van der Waals surface area contributed by atoms with Crippen LogP contribution in [-0.4, -0.2) is 48.7 Å². The van der Waals surface area contributed by atoms with Gasteiger partial charge in [0.15, 0.2) is 5.16 Å². The summed E-state index contributed by atoms with van der Waals surface area (Å²) in [4.78, 5) is 23.8. The second kappa shape index (κ2) is 12.1. The number of thioether (sulfide) groups is 1. The molecule has 0 aliphatic carbocycles. The monoisotopic (exact) mass is 536 g/mol. The van der Waals surface area contributed by atoms with Crippen LogP contribution in [0.4, 0.5) is 5.82 Å². The molecule has 1 aromatic heterocycles. The Balaban J connectivity index is 1.33. The van der Waals surface area contributed by atoms with E-state index < -0.39 is 0 Å². The number of nitrogens with one attached hydrogen (secondary N) is 1. The molecule has 6 nitrogen and oxygen atoms in total. The lowest BCUT2D eigenvalue weighted by Crippen LogP contribution is -2.36. The molecule has 0 radical (unpaired) electrons. The van der Waals surface area contributed by atoms with E-state index in [0.717, 1.165) is 30.0 Å². The van der Waals surface area contributed by atoms with E-state index in [1.165, 1.54) is 11.8 Å². The Morgan fingerprint density at radius 2 is 1.88 bits per heavy atom. The number of anilines is 1. The standard InChI is InChI=1S/C24H23Cl3N4O2S/c25-19-5-4-17(20(26)13-19)6-7-28-23(32)18-3-1-2-16(12-18)15-34-24-29-21(27)14-22(30-24)31-8-10-33-11-9-31/h1-5,12-14H,6-11,15H2,(H,28,32). The molecule has 0 spiro atoms. The van der Waals surface area contributed by atoms with E-state index in [0.29, 0.717) is 57.9 Å². The molecule has 1 fully saturated rings. The van der Waals surface area contributed by atoms with Gasteiger partial charge >= 0.3 is 0 Å². The largest absolute Gasteiger partial charge is 0.378 e. The predicted octanol–water partition coefficient (Wildman–Crippen LogP) is 5.54. The number of morpholine rings is 1. The van der Waals surface area contributed by atoms with Gasteiger partial charge in [-0.3, -0.25) is 4.79 Å². The van der Waals surface area contributed by atoms with E-state index in [1.807, 2.05) is 24.3 Å². The van der Waals surface area contributed by atoms with Crippen LogP contribution in [0.2, 0.25) is 15.2 Å². The summed E-state index contributed by atoms with van der Waals surface area (Å²) in [5, 5.41) is 5.15. The Morgan fingerprint density at radius 3 is 2.68 bits per heavy atom. The van der Waals surface area contributed by atoms with Gasteiger partial charge < -0.3 is 15.0 Å². The van der Waals surface area contributed by atoms with Crippen LogP contribution in [0.3, 0.4) is 0 Å². The first-order valence-electron chi connectivity index (χ1n) is 10.8. The number of amides is 1. The van der Waals surface area contributed by atoms with Crippen molar-refractivity contribution < 1.29 is 9.53 Å². The van der Waals surface area contributed by atoms with Crippen molar-refractivity contribution in [2.75, 3.05) is 37.7 Å². The second-order valence-corrected chi connectivity index (χ2v) is 9.83. The minimum atomic E-state index is -0.134. The zero-order valence-electron chi connectivity index (χ0n) is 18.3. The smallest absolute Gasteiger partial charge is 0.251 e. The maximum absolute atomic E-state index is 12.6. The Kier molecular flexibility index (Phi) is 8.92. The fraction of sp³-hybridized carbons (Fsp3) is 0.292. The maximum Gasteiger partial charge on any atom is 0.251 e. The molecule has 4 rings (SSSR count). The molecule has 34 heavy (non-hydrogen) atoms. The molecule has 3 aromatic rings. The van der Waals surface area contributed by atoms with Gasteiger partial charge in [-0.25, -0.2) is 9.97 Å². The molecule has 1 amide bonds. The molecule has 10 heteroatoms. The molecular weight excluding hydrogens is 515 g/mol. The summed E-state index contributed by atoms with van der Waals surface area (Å²) in [6, 6.07) is 14.7. The lowest BCUT2D eigenvalue weighted by atomic mass is 10.1. The molecule has 1 saturated heterocycles. The Bertz CT molecular complexity index is 1160. The molecule has 0 bridgehead atoms. The lowest BCUT2D eigenvalue weighted by molar-refractivity contribution is 0.0954. The van der Waals surface area contributed by atoms with Gasteiger partial charge in [-0.05, 0) is 41.8 Å². The van der Waals surface area contributed by atoms with E-state index in [1.54, 1.807) is 24.3 Å². The molecule has 2 heterocycles. The van der Waals surface area contributed by atoms with Crippen LogP contribution in [0.15, 0.2) is 53.7 Å². The summed E-state index contributed by atoms with van der Waals surface area (Å²) in [5.74, 6) is 1.29. The van der Waals surface area contributed by atoms with Crippen molar-refractivity contribution in [2.45, 2.75) is 17.3 Å². The highest BCUT2D eigenvalue weighted by molar-refractivity contribution is 7.98. The van der Waals surface area contributed by atoms with E-state index in [-0.39, 0.29) is 5.91 Å². The summed E-state index contributed by atoms with van der Waals surface area (Å²) >= 11 is 19.9. The average Bonchev–Trinajstić information content (AvgIpc) is 2.84. The fourth-order valence-corrected chi connectivity index (χ4v) is 5.02. The molecule has 2 aromatic carbocycles. The normalized spacial score (nSPS) is 13.7. The number of carbonyl (C=O) groups excluding carboxylic acids is 1. The molecular formula is C24H23Cl3N4O2S. The van der Waals surface area contributed by atoms with Gasteiger partial charge in [0, 0.05) is 47.1 Å². The topological polar surface area (TPSA) is 67.4 Å². The summed E-state index contributed by atoms with van der Waals surface area (Å²) in [7, 11) is 0. The average molecular weight is 538 g/mol. The van der Waals surface area contributed by atoms with E-state index >= 15 is 0 Å². The highest BCUT2D eigenvalue weighted by atomic mass is 35.5. The molecule has 1 N–H and O–H groups in total. The fourth-order valence-electron chi connectivity index (χ4n) is 3.49. The quantitative estimate of drug-likeness (QED) is 0.231. The second-order valence-electron chi connectivity index (χ2n) is 7.66. The first-order valence-corrected chi connectivity index (χ1v) is 12.9. The van der Waals surface area contributed by atoms with Gasteiger partial charge in [0.2, 0.25) is 0 Å². The highest BCUT2D eigenvalue weighted by Crippen LogP contribution is 2.25. The Morgan fingerprint density at radius 1 is 1.06 bits per heavy atom. The molecule has 0 unspecified atom stereocenters. The minimum absolute atomic E-state index is 0.134. The van der Waals surface area contributed by atoms with Crippen molar-refractivity contribution in [1.29, 1.82) is 0 Å². The third-order valence-corrected chi connectivity index (χ3v) is 6.95. The number of hydrogen-bond acceptors (Lipinski definition) is 6. The Hall–Kier alpha value is -2.03. The van der Waals surface area contributed by atoms with Gasteiger partial charge in [0.25, 0.3) is 5.91 Å². The zero-order chi connectivity index (χ0) is 23.9. The third kappa shape index (κ3) is 6.99. The number of halogens is 3. The number of aromatic nitrogens is 2. The number of hydrogen-bond donors (Lipinski definition) is 1. The zero-order valence-corrected chi connectivity index (χ0v) is 21.4. The van der Waals surface area contributed by atoms with Crippen molar-refractivity contribution in [2.24, 2.45) is 0 Å². The predicted molar refractivity (Wildman–Crippen MR) is 139 cm³/mol. The van der Waals surface area contributed by atoms with Crippen LogP contribution in [-0.2, 0) is 16.9 Å². The van der Waals surface area contributed by atoms with Crippen LogP contribution >= 0.6 is 46.6 Å². The molecule has 0 saturated carbocycles. The van der Waals surface area contributed by atoms with Crippen molar-refractivity contribution in [3.8, 4) is 0 Å². The molecule has 178 valence electrons. The summed E-state index contributed by atoms with van der Waals surface area (Å²) in [5.41, 5.74) is 2.53. The van der Waals surface area contributed by atoms with Crippen LogP contribution in [0, 0.1) is 0 Å². The molecule has 0 atom stereocenters. The first kappa shape index (κ1) is 25.1. The van der Waals surface area contributed by atoms with Crippen molar-refractivity contribution in [3.05, 3.63) is 80.4 Å². The summed E-state index contributed by atoms with van der Waals surface area (Å²) in [6.07, 6.45) is 0.620. The SMILES string of the molecule is O=C(NCCc1ccc(Cl)cc1Cl)c1cccc(CSc2nc(Cl)cc(N3CCOCC3)n2)c1. The summed E-state index contributed by atoms with van der Waals surface area (Å²) < 4.78 is 5.41. The molecule has 1 aliphatic rings. The van der Waals surface area contributed by atoms with Crippen LogP contribution in [0.5, 0.6) is 0 Å². The number of nitrogens with zero attached hydrogens (tertiary/aromatic N) is 3. The number of carbonyl (C=O) groups is 1. The Labute approximate surface area is 218 Å². The summed E-state index contributed by atoms with van der Waals surface area (Å²) in [6.45, 7) is 3.37.